The van der Waals surface area contributed by atoms with Crippen molar-refractivity contribution in [2.45, 2.75) is 135 Å². The van der Waals surface area contributed by atoms with Crippen LogP contribution in [-0.4, -0.2) is 17.9 Å². The summed E-state index contributed by atoms with van der Waals surface area (Å²) in [5, 5.41) is 1.17. The number of carbonyl (C=O) groups excluding carboxylic acids is 1. The number of alkyl halides is 1. The van der Waals surface area contributed by atoms with Gasteiger partial charge >= 0.3 is 5.97 Å². The number of halogens is 1. The molecule has 162 valence electrons. The first-order valence-electron chi connectivity index (χ1n) is 12.0. The minimum atomic E-state index is -0.0293. The molecule has 0 aliphatic carbocycles. The zero-order chi connectivity index (χ0) is 19.8. The highest BCUT2D eigenvalue weighted by atomic mass is 79.9. The molecule has 0 saturated carbocycles. The van der Waals surface area contributed by atoms with E-state index >= 15 is 0 Å². The molecule has 0 spiro atoms. The minimum Gasteiger partial charge on any atom is -0.466 e. The third kappa shape index (κ3) is 23.9. The molecule has 0 radical (unpaired) electrons. The summed E-state index contributed by atoms with van der Waals surface area (Å²) in [7, 11) is 0. The first-order valence-corrected chi connectivity index (χ1v) is 13.1. The van der Waals surface area contributed by atoms with Gasteiger partial charge in [0.05, 0.1) is 6.61 Å². The fraction of sp³-hybridized carbons (Fsp3) is 0.958. The SMILES string of the molecule is CCOC(=O)CCCCCCCCCCCCCCCCCCCCCBr. The minimum absolute atomic E-state index is 0.0293. The second kappa shape index (κ2) is 24.0. The molecular weight excluding hydrogens is 400 g/mol. The molecule has 2 nitrogen and oxygen atoms in total. The lowest BCUT2D eigenvalue weighted by Crippen LogP contribution is -2.03. The van der Waals surface area contributed by atoms with Crippen molar-refractivity contribution in [3.05, 3.63) is 0 Å². The summed E-state index contributed by atoms with van der Waals surface area (Å²) in [4.78, 5) is 11.2. The van der Waals surface area contributed by atoms with Gasteiger partial charge in [0.15, 0.2) is 0 Å². The number of carbonyl (C=O) groups is 1. The monoisotopic (exact) mass is 446 g/mol. The van der Waals surface area contributed by atoms with Crippen molar-refractivity contribution >= 4 is 21.9 Å². The van der Waals surface area contributed by atoms with Crippen molar-refractivity contribution in [3.63, 3.8) is 0 Å². The van der Waals surface area contributed by atoms with Gasteiger partial charge in [0.25, 0.3) is 0 Å². The molecular formula is C24H47BrO2. The van der Waals surface area contributed by atoms with Crippen LogP contribution in [0.3, 0.4) is 0 Å². The van der Waals surface area contributed by atoms with Crippen LogP contribution >= 0.6 is 15.9 Å². The van der Waals surface area contributed by atoms with E-state index in [1.807, 2.05) is 6.92 Å². The first-order chi connectivity index (χ1) is 13.3. The molecule has 0 atom stereocenters. The van der Waals surface area contributed by atoms with Crippen molar-refractivity contribution in [1.82, 2.24) is 0 Å². The number of hydrogen-bond acceptors (Lipinski definition) is 2. The van der Waals surface area contributed by atoms with Gasteiger partial charge in [-0.1, -0.05) is 125 Å². The largest absolute Gasteiger partial charge is 0.466 e. The maximum Gasteiger partial charge on any atom is 0.305 e. The summed E-state index contributed by atoms with van der Waals surface area (Å²) in [5.74, 6) is -0.0293. The van der Waals surface area contributed by atoms with Gasteiger partial charge in [-0.3, -0.25) is 4.79 Å². The molecule has 0 amide bonds. The van der Waals surface area contributed by atoms with Gasteiger partial charge in [0.1, 0.15) is 0 Å². The molecule has 0 N–H and O–H groups in total. The van der Waals surface area contributed by atoms with Crippen molar-refractivity contribution in [2.75, 3.05) is 11.9 Å². The molecule has 0 unspecified atom stereocenters. The maximum absolute atomic E-state index is 11.2. The lowest BCUT2D eigenvalue weighted by molar-refractivity contribution is -0.143. The Morgan fingerprint density at radius 1 is 0.556 bits per heavy atom. The third-order valence-corrected chi connectivity index (χ3v) is 5.88. The molecule has 0 bridgehead atoms. The fourth-order valence-electron chi connectivity index (χ4n) is 3.60. The number of hydrogen-bond donors (Lipinski definition) is 0. The van der Waals surface area contributed by atoms with E-state index in [9.17, 15) is 4.79 Å². The standard InChI is InChI=1S/C24H47BrO2/c1-2-27-24(26)22-20-18-16-14-12-10-8-6-4-3-5-7-9-11-13-15-17-19-21-23-25/h2-23H2,1H3. The highest BCUT2D eigenvalue weighted by molar-refractivity contribution is 9.09. The van der Waals surface area contributed by atoms with Crippen LogP contribution in [0.4, 0.5) is 0 Å². The topological polar surface area (TPSA) is 26.3 Å². The Morgan fingerprint density at radius 2 is 0.852 bits per heavy atom. The van der Waals surface area contributed by atoms with E-state index in [4.69, 9.17) is 4.74 Å². The van der Waals surface area contributed by atoms with Crippen LogP contribution in [-0.2, 0) is 9.53 Å². The van der Waals surface area contributed by atoms with E-state index in [1.54, 1.807) is 0 Å². The molecule has 27 heavy (non-hydrogen) atoms. The van der Waals surface area contributed by atoms with E-state index in [0.29, 0.717) is 13.0 Å². The Hall–Kier alpha value is -0.0500. The molecule has 0 saturated heterocycles. The predicted octanol–water partition coefficient (Wildman–Crippen LogP) is 8.75. The number of unbranched alkanes of at least 4 members (excludes halogenated alkanes) is 18. The fourth-order valence-corrected chi connectivity index (χ4v) is 4.00. The lowest BCUT2D eigenvalue weighted by atomic mass is 10.0. The summed E-state index contributed by atoms with van der Waals surface area (Å²) in [6.45, 7) is 2.38. The summed E-state index contributed by atoms with van der Waals surface area (Å²) < 4.78 is 4.94. The summed E-state index contributed by atoms with van der Waals surface area (Å²) >= 11 is 3.50. The second-order valence-corrected chi connectivity index (χ2v) is 8.75. The molecule has 0 aliphatic heterocycles. The van der Waals surface area contributed by atoms with E-state index in [2.05, 4.69) is 15.9 Å². The van der Waals surface area contributed by atoms with Crippen LogP contribution in [0.25, 0.3) is 0 Å². The van der Waals surface area contributed by atoms with Crippen molar-refractivity contribution < 1.29 is 9.53 Å². The van der Waals surface area contributed by atoms with Crippen LogP contribution in [0.5, 0.6) is 0 Å². The van der Waals surface area contributed by atoms with Gasteiger partial charge in [0, 0.05) is 11.8 Å². The van der Waals surface area contributed by atoms with Crippen LogP contribution in [0.2, 0.25) is 0 Å². The number of ether oxygens (including phenoxy) is 1. The average molecular weight is 448 g/mol. The molecule has 0 aromatic heterocycles. The first kappa shape index (κ1) is 27.0. The van der Waals surface area contributed by atoms with Gasteiger partial charge in [0.2, 0.25) is 0 Å². The van der Waals surface area contributed by atoms with E-state index in [1.165, 1.54) is 121 Å². The summed E-state index contributed by atoms with van der Waals surface area (Å²) in [6, 6.07) is 0. The van der Waals surface area contributed by atoms with Gasteiger partial charge in [-0.15, -0.1) is 0 Å². The molecule has 0 aromatic rings. The predicted molar refractivity (Wildman–Crippen MR) is 123 cm³/mol. The highest BCUT2D eigenvalue weighted by Gasteiger charge is 2.00. The van der Waals surface area contributed by atoms with Crippen LogP contribution in [0.1, 0.15) is 135 Å². The Balaban J connectivity index is 3.02. The maximum atomic E-state index is 11.2. The second-order valence-electron chi connectivity index (χ2n) is 7.96. The van der Waals surface area contributed by atoms with Crippen molar-refractivity contribution in [2.24, 2.45) is 0 Å². The third-order valence-electron chi connectivity index (χ3n) is 5.32. The summed E-state index contributed by atoms with van der Waals surface area (Å²) in [6.07, 6.45) is 26.7. The molecule has 0 aromatic carbocycles. The normalized spacial score (nSPS) is 11.0. The Morgan fingerprint density at radius 3 is 1.15 bits per heavy atom. The van der Waals surface area contributed by atoms with Gasteiger partial charge in [-0.05, 0) is 19.8 Å². The molecule has 3 heteroatoms. The van der Waals surface area contributed by atoms with Gasteiger partial charge in [-0.2, -0.15) is 0 Å². The smallest absolute Gasteiger partial charge is 0.305 e. The average Bonchev–Trinajstić information content (AvgIpc) is 2.66. The Bertz CT molecular complexity index is 294. The van der Waals surface area contributed by atoms with E-state index in [0.717, 1.165) is 6.42 Å². The van der Waals surface area contributed by atoms with E-state index < -0.39 is 0 Å². The highest BCUT2D eigenvalue weighted by Crippen LogP contribution is 2.15. The van der Waals surface area contributed by atoms with Crippen molar-refractivity contribution in [3.8, 4) is 0 Å². The quantitative estimate of drug-likeness (QED) is 0.0942. The molecule has 0 aliphatic rings. The molecule has 0 heterocycles. The summed E-state index contributed by atoms with van der Waals surface area (Å²) in [5.41, 5.74) is 0. The Kier molecular flexibility index (Phi) is 23.9. The van der Waals surface area contributed by atoms with Crippen LogP contribution < -0.4 is 0 Å². The van der Waals surface area contributed by atoms with E-state index in [-0.39, 0.29) is 5.97 Å². The molecule has 0 fully saturated rings. The van der Waals surface area contributed by atoms with Crippen LogP contribution in [0, 0.1) is 0 Å². The zero-order valence-corrected chi connectivity index (χ0v) is 19.8. The van der Waals surface area contributed by atoms with Gasteiger partial charge in [-0.25, -0.2) is 0 Å². The van der Waals surface area contributed by atoms with Crippen molar-refractivity contribution in [1.29, 1.82) is 0 Å². The molecule has 0 rings (SSSR count). The van der Waals surface area contributed by atoms with Crippen LogP contribution in [0.15, 0.2) is 0 Å². The van der Waals surface area contributed by atoms with Gasteiger partial charge < -0.3 is 4.74 Å². The Labute approximate surface area is 178 Å². The zero-order valence-electron chi connectivity index (χ0n) is 18.3. The lowest BCUT2D eigenvalue weighted by Gasteiger charge is -2.04. The number of rotatable bonds is 22. The number of esters is 1.